The fraction of sp³-hybridized carbons (Fsp3) is 0.143. The largest absolute Gasteiger partial charge is 0.438 e. The average molecular weight is 335 g/mol. The number of ether oxygens (including phenoxy) is 1. The highest BCUT2D eigenvalue weighted by Gasteiger charge is 2.13. The summed E-state index contributed by atoms with van der Waals surface area (Å²) in [5.41, 5.74) is 1.19. The van der Waals surface area contributed by atoms with Gasteiger partial charge in [0.15, 0.2) is 0 Å². The minimum absolute atomic E-state index is 0.616. The molecule has 0 radical (unpaired) electrons. The van der Waals surface area contributed by atoms with Gasteiger partial charge in [0, 0.05) is 9.35 Å². The highest BCUT2D eigenvalue weighted by Crippen LogP contribution is 2.35. The van der Waals surface area contributed by atoms with Crippen molar-refractivity contribution in [3.8, 4) is 11.6 Å². The molecule has 0 unspecified atom stereocenters. The molecule has 3 rings (SSSR count). The van der Waals surface area contributed by atoms with Crippen LogP contribution < -0.4 is 4.74 Å². The van der Waals surface area contributed by atoms with E-state index in [1.165, 1.54) is 10.4 Å². The van der Waals surface area contributed by atoms with Crippen LogP contribution in [0, 0.1) is 13.8 Å². The van der Waals surface area contributed by atoms with Crippen LogP contribution in [0.25, 0.3) is 10.2 Å². The Morgan fingerprint density at radius 2 is 2.05 bits per heavy atom. The first kappa shape index (κ1) is 12.6. The van der Waals surface area contributed by atoms with Crippen molar-refractivity contribution >= 4 is 37.5 Å². The highest BCUT2D eigenvalue weighted by atomic mass is 79.9. The minimum Gasteiger partial charge on any atom is -0.438 e. The molecule has 0 bridgehead atoms. The van der Waals surface area contributed by atoms with E-state index in [2.05, 4.69) is 39.7 Å². The molecule has 0 atom stereocenters. The lowest BCUT2D eigenvalue weighted by atomic mass is 10.2. The van der Waals surface area contributed by atoms with Crippen molar-refractivity contribution in [3.05, 3.63) is 45.5 Å². The third-order valence-electron chi connectivity index (χ3n) is 2.94. The molecule has 0 N–H and O–H groups in total. The summed E-state index contributed by atoms with van der Waals surface area (Å²) in [4.78, 5) is 10.8. The summed E-state index contributed by atoms with van der Waals surface area (Å²) < 4.78 is 6.87. The van der Waals surface area contributed by atoms with Crippen LogP contribution in [0.2, 0.25) is 0 Å². The van der Waals surface area contributed by atoms with Gasteiger partial charge in [-0.2, -0.15) is 0 Å². The van der Waals surface area contributed by atoms with Crippen molar-refractivity contribution < 1.29 is 4.74 Å². The summed E-state index contributed by atoms with van der Waals surface area (Å²) in [6.07, 6.45) is 1.55. The number of aromatic nitrogens is 2. The maximum Gasteiger partial charge on any atom is 0.231 e. The van der Waals surface area contributed by atoms with Crippen molar-refractivity contribution in [2.24, 2.45) is 0 Å². The number of nitrogens with zero attached hydrogens (tertiary/aromatic N) is 2. The fourth-order valence-electron chi connectivity index (χ4n) is 1.87. The number of benzene rings is 1. The normalized spacial score (nSPS) is 10.9. The monoisotopic (exact) mass is 334 g/mol. The van der Waals surface area contributed by atoms with E-state index in [4.69, 9.17) is 4.74 Å². The SMILES string of the molecule is Cc1sc2ncnc(Oc3cccc(Br)c3)c2c1C. The molecule has 0 saturated carbocycles. The van der Waals surface area contributed by atoms with E-state index in [1.807, 2.05) is 24.3 Å². The highest BCUT2D eigenvalue weighted by molar-refractivity contribution is 9.10. The molecular formula is C14H11BrN2OS. The minimum atomic E-state index is 0.616. The second-order valence-electron chi connectivity index (χ2n) is 4.20. The number of hydrogen-bond acceptors (Lipinski definition) is 4. The zero-order valence-corrected chi connectivity index (χ0v) is 12.9. The Balaban J connectivity index is 2.10. The van der Waals surface area contributed by atoms with Crippen molar-refractivity contribution in [2.75, 3.05) is 0 Å². The van der Waals surface area contributed by atoms with E-state index >= 15 is 0 Å². The number of aryl methyl sites for hydroxylation is 2. The van der Waals surface area contributed by atoms with E-state index in [-0.39, 0.29) is 0 Å². The predicted octanol–water partition coefficient (Wildman–Crippen LogP) is 4.86. The number of hydrogen-bond donors (Lipinski definition) is 0. The summed E-state index contributed by atoms with van der Waals surface area (Å²) in [5.74, 6) is 1.38. The average Bonchev–Trinajstić information content (AvgIpc) is 2.66. The van der Waals surface area contributed by atoms with E-state index < -0.39 is 0 Å². The Labute approximate surface area is 123 Å². The second kappa shape index (κ2) is 4.90. The third kappa shape index (κ3) is 2.35. The molecule has 3 nitrogen and oxygen atoms in total. The molecule has 2 aromatic heterocycles. The lowest BCUT2D eigenvalue weighted by Crippen LogP contribution is -1.90. The molecule has 1 aromatic carbocycles. The van der Waals surface area contributed by atoms with Crippen LogP contribution in [0.5, 0.6) is 11.6 Å². The Morgan fingerprint density at radius 3 is 2.84 bits per heavy atom. The van der Waals surface area contributed by atoms with E-state index in [0.717, 1.165) is 20.4 Å². The van der Waals surface area contributed by atoms with Gasteiger partial charge in [0.1, 0.15) is 16.9 Å². The van der Waals surface area contributed by atoms with Crippen molar-refractivity contribution in [2.45, 2.75) is 13.8 Å². The molecule has 0 aliphatic rings. The van der Waals surface area contributed by atoms with Crippen LogP contribution in [0.3, 0.4) is 0 Å². The molecule has 0 aliphatic heterocycles. The van der Waals surface area contributed by atoms with E-state index in [9.17, 15) is 0 Å². The number of halogens is 1. The van der Waals surface area contributed by atoms with Gasteiger partial charge >= 0.3 is 0 Å². The van der Waals surface area contributed by atoms with Crippen LogP contribution in [0.1, 0.15) is 10.4 Å². The molecule has 0 spiro atoms. The zero-order valence-electron chi connectivity index (χ0n) is 10.5. The van der Waals surface area contributed by atoms with Crippen LogP contribution >= 0.6 is 27.3 Å². The summed E-state index contributed by atoms with van der Waals surface area (Å²) in [6.45, 7) is 4.16. The van der Waals surface area contributed by atoms with Crippen LogP contribution in [-0.2, 0) is 0 Å². The Morgan fingerprint density at radius 1 is 1.21 bits per heavy atom. The molecule has 0 saturated heterocycles. The number of fused-ring (bicyclic) bond motifs is 1. The number of thiophene rings is 1. The van der Waals surface area contributed by atoms with Gasteiger partial charge in [-0.25, -0.2) is 9.97 Å². The van der Waals surface area contributed by atoms with Gasteiger partial charge in [0.25, 0.3) is 0 Å². The van der Waals surface area contributed by atoms with Crippen LogP contribution in [-0.4, -0.2) is 9.97 Å². The standard InChI is InChI=1S/C14H11BrN2OS/c1-8-9(2)19-14-12(8)13(16-7-17-14)18-11-5-3-4-10(15)6-11/h3-7H,1-2H3. The predicted molar refractivity (Wildman–Crippen MR) is 81.1 cm³/mol. The van der Waals surface area contributed by atoms with Crippen molar-refractivity contribution in [1.29, 1.82) is 0 Å². The first-order valence-corrected chi connectivity index (χ1v) is 7.40. The summed E-state index contributed by atoms with van der Waals surface area (Å²) in [5, 5.41) is 1.00. The van der Waals surface area contributed by atoms with Crippen LogP contribution in [0.4, 0.5) is 0 Å². The maximum absolute atomic E-state index is 5.89. The maximum atomic E-state index is 5.89. The van der Waals surface area contributed by atoms with Gasteiger partial charge in [-0.15, -0.1) is 11.3 Å². The molecule has 0 fully saturated rings. The van der Waals surface area contributed by atoms with Gasteiger partial charge < -0.3 is 4.74 Å². The molecular weight excluding hydrogens is 324 g/mol. The molecule has 5 heteroatoms. The zero-order chi connectivity index (χ0) is 13.4. The lowest BCUT2D eigenvalue weighted by Gasteiger charge is -2.06. The van der Waals surface area contributed by atoms with Crippen molar-refractivity contribution in [1.82, 2.24) is 9.97 Å². The van der Waals surface area contributed by atoms with E-state index in [0.29, 0.717) is 5.88 Å². The molecule has 0 aliphatic carbocycles. The Bertz CT molecular complexity index is 754. The van der Waals surface area contributed by atoms with Crippen molar-refractivity contribution in [3.63, 3.8) is 0 Å². The van der Waals surface area contributed by atoms with Crippen LogP contribution in [0.15, 0.2) is 35.1 Å². The number of rotatable bonds is 2. The topological polar surface area (TPSA) is 35.0 Å². The first-order chi connectivity index (χ1) is 9.15. The molecule has 0 amide bonds. The summed E-state index contributed by atoms with van der Waals surface area (Å²) in [7, 11) is 0. The summed E-state index contributed by atoms with van der Waals surface area (Å²) in [6, 6.07) is 7.72. The second-order valence-corrected chi connectivity index (χ2v) is 6.32. The quantitative estimate of drug-likeness (QED) is 0.671. The van der Waals surface area contributed by atoms with Gasteiger partial charge in [-0.1, -0.05) is 22.0 Å². The molecule has 2 heterocycles. The third-order valence-corrected chi connectivity index (χ3v) is 4.55. The van der Waals surface area contributed by atoms with Gasteiger partial charge in [-0.3, -0.25) is 0 Å². The van der Waals surface area contributed by atoms with Gasteiger partial charge in [0.05, 0.1) is 5.39 Å². The van der Waals surface area contributed by atoms with Gasteiger partial charge in [0.2, 0.25) is 5.88 Å². The Hall–Kier alpha value is -1.46. The smallest absolute Gasteiger partial charge is 0.231 e. The van der Waals surface area contributed by atoms with Gasteiger partial charge in [-0.05, 0) is 37.6 Å². The molecule has 96 valence electrons. The fourth-order valence-corrected chi connectivity index (χ4v) is 3.24. The molecule has 19 heavy (non-hydrogen) atoms. The molecule has 3 aromatic rings. The lowest BCUT2D eigenvalue weighted by molar-refractivity contribution is 0.468. The van der Waals surface area contributed by atoms with E-state index in [1.54, 1.807) is 17.7 Å². The Kier molecular flexibility index (Phi) is 3.24. The summed E-state index contributed by atoms with van der Waals surface area (Å²) >= 11 is 5.10. The first-order valence-electron chi connectivity index (χ1n) is 5.79.